The number of nitrogens with one attached hydrogen (secondary N) is 1. The molecule has 0 unspecified atom stereocenters. The Kier molecular flexibility index (Phi) is 7.18. The summed E-state index contributed by atoms with van der Waals surface area (Å²) in [6, 6.07) is 5.34. The van der Waals surface area contributed by atoms with Gasteiger partial charge in [0, 0.05) is 39.5 Å². The minimum Gasteiger partial charge on any atom is -0.353 e. The van der Waals surface area contributed by atoms with Gasteiger partial charge in [-0.05, 0) is 56.7 Å². The molecule has 0 aliphatic heterocycles. The molecule has 1 aliphatic rings. The van der Waals surface area contributed by atoms with E-state index in [0.717, 1.165) is 30.1 Å². The molecular weight excluding hydrogens is 400 g/mol. The van der Waals surface area contributed by atoms with Gasteiger partial charge in [0.1, 0.15) is 5.82 Å². The first kappa shape index (κ1) is 22.7. The maximum absolute atomic E-state index is 12.5. The van der Waals surface area contributed by atoms with Gasteiger partial charge in [-0.1, -0.05) is 13.3 Å². The number of carbonyl (C=O) groups is 1. The number of benzene rings is 1. The van der Waals surface area contributed by atoms with Crippen molar-refractivity contribution in [3.05, 3.63) is 24.0 Å². The van der Waals surface area contributed by atoms with Crippen LogP contribution in [0.2, 0.25) is 0 Å². The van der Waals surface area contributed by atoms with E-state index in [0.29, 0.717) is 30.9 Å². The molecule has 1 aromatic heterocycles. The fourth-order valence-electron chi connectivity index (χ4n) is 4.31. The number of imidazole rings is 1. The van der Waals surface area contributed by atoms with Crippen LogP contribution >= 0.6 is 0 Å². The van der Waals surface area contributed by atoms with E-state index in [4.69, 9.17) is 0 Å². The van der Waals surface area contributed by atoms with E-state index < -0.39 is 10.0 Å². The first-order chi connectivity index (χ1) is 14.3. The lowest BCUT2D eigenvalue weighted by molar-refractivity contribution is -0.122. The number of rotatable bonds is 8. The standard InChI is InChI=1S/C22H34N4O3S/c1-5-16-7-9-17(10-8-16)23-22(27)14-13-21-24-19-15-18(30(28,29)25(3)4)11-12-20(19)26(21)6-2/h11-12,15-17H,5-10,13-14H2,1-4H3,(H,23,27). The van der Waals surface area contributed by atoms with Crippen molar-refractivity contribution in [1.82, 2.24) is 19.2 Å². The zero-order valence-electron chi connectivity index (χ0n) is 18.5. The molecule has 30 heavy (non-hydrogen) atoms. The molecule has 7 nitrogen and oxygen atoms in total. The third-order valence-corrected chi connectivity index (χ3v) is 8.07. The predicted octanol–water partition coefficient (Wildman–Crippen LogP) is 3.32. The van der Waals surface area contributed by atoms with Gasteiger partial charge in [0.2, 0.25) is 15.9 Å². The number of aryl methyl sites for hydroxylation is 2. The van der Waals surface area contributed by atoms with Crippen molar-refractivity contribution in [3.63, 3.8) is 0 Å². The molecule has 8 heteroatoms. The highest BCUT2D eigenvalue weighted by Gasteiger charge is 2.22. The fourth-order valence-corrected chi connectivity index (χ4v) is 5.24. The van der Waals surface area contributed by atoms with Crippen LogP contribution in [0.1, 0.15) is 58.2 Å². The van der Waals surface area contributed by atoms with Gasteiger partial charge in [-0.2, -0.15) is 0 Å². The zero-order valence-corrected chi connectivity index (χ0v) is 19.3. The molecule has 2 aromatic rings. The van der Waals surface area contributed by atoms with Gasteiger partial charge in [-0.25, -0.2) is 17.7 Å². The number of nitrogens with zero attached hydrogens (tertiary/aromatic N) is 3. The highest BCUT2D eigenvalue weighted by Crippen LogP contribution is 2.27. The highest BCUT2D eigenvalue weighted by molar-refractivity contribution is 7.89. The lowest BCUT2D eigenvalue weighted by atomic mass is 9.84. The van der Waals surface area contributed by atoms with E-state index in [-0.39, 0.29) is 10.8 Å². The van der Waals surface area contributed by atoms with Crippen LogP contribution in [0.15, 0.2) is 23.1 Å². The molecule has 0 saturated heterocycles. The number of hydrogen-bond donors (Lipinski definition) is 1. The van der Waals surface area contributed by atoms with E-state index >= 15 is 0 Å². The first-order valence-electron chi connectivity index (χ1n) is 11.0. The van der Waals surface area contributed by atoms with Gasteiger partial charge in [-0.15, -0.1) is 0 Å². The highest BCUT2D eigenvalue weighted by atomic mass is 32.2. The second-order valence-electron chi connectivity index (χ2n) is 8.40. The molecule has 1 amide bonds. The number of sulfonamides is 1. The van der Waals surface area contributed by atoms with Crippen LogP contribution in [-0.4, -0.2) is 48.3 Å². The van der Waals surface area contributed by atoms with Crippen molar-refractivity contribution in [3.8, 4) is 0 Å². The second-order valence-corrected chi connectivity index (χ2v) is 10.6. The van der Waals surface area contributed by atoms with Gasteiger partial charge in [-0.3, -0.25) is 4.79 Å². The molecule has 166 valence electrons. The monoisotopic (exact) mass is 434 g/mol. The molecule has 1 aliphatic carbocycles. The van der Waals surface area contributed by atoms with E-state index in [2.05, 4.69) is 21.8 Å². The Morgan fingerprint density at radius 1 is 1.20 bits per heavy atom. The Morgan fingerprint density at radius 3 is 2.50 bits per heavy atom. The number of amides is 1. The molecular formula is C22H34N4O3S. The average molecular weight is 435 g/mol. The molecule has 0 atom stereocenters. The Bertz CT molecular complexity index is 989. The van der Waals surface area contributed by atoms with E-state index in [9.17, 15) is 13.2 Å². The number of aromatic nitrogens is 2. The van der Waals surface area contributed by atoms with Gasteiger partial charge in [0.25, 0.3) is 0 Å². The minimum absolute atomic E-state index is 0.0699. The first-order valence-corrected chi connectivity index (χ1v) is 12.4. The third-order valence-electron chi connectivity index (χ3n) is 6.26. The normalized spacial score (nSPS) is 20.0. The Morgan fingerprint density at radius 2 is 1.90 bits per heavy atom. The number of fused-ring (bicyclic) bond motifs is 1. The van der Waals surface area contributed by atoms with Crippen LogP contribution in [0, 0.1) is 5.92 Å². The summed E-state index contributed by atoms with van der Waals surface area (Å²) < 4.78 is 28.1. The summed E-state index contributed by atoms with van der Waals surface area (Å²) in [6.07, 6.45) is 6.69. The Labute approximate surface area is 179 Å². The lowest BCUT2D eigenvalue weighted by Gasteiger charge is -2.28. The molecule has 3 rings (SSSR count). The molecule has 0 radical (unpaired) electrons. The van der Waals surface area contributed by atoms with Crippen molar-refractivity contribution in [2.24, 2.45) is 5.92 Å². The van der Waals surface area contributed by atoms with Gasteiger partial charge in [0.05, 0.1) is 15.9 Å². The SMILES string of the molecule is CCC1CCC(NC(=O)CCc2nc3cc(S(=O)(=O)N(C)C)ccc3n2CC)CC1. The van der Waals surface area contributed by atoms with Crippen LogP contribution in [0.5, 0.6) is 0 Å². The molecule has 1 N–H and O–H groups in total. The number of carbonyl (C=O) groups excluding carboxylic acids is 1. The summed E-state index contributed by atoms with van der Waals surface area (Å²) in [5, 5.41) is 3.19. The Hall–Kier alpha value is -1.93. The average Bonchev–Trinajstić information content (AvgIpc) is 3.09. The van der Waals surface area contributed by atoms with Gasteiger partial charge in [0.15, 0.2) is 0 Å². The van der Waals surface area contributed by atoms with Crippen LogP contribution in [0.4, 0.5) is 0 Å². The molecule has 1 saturated carbocycles. The second kappa shape index (κ2) is 9.47. The minimum atomic E-state index is -3.51. The zero-order chi connectivity index (χ0) is 21.9. The van der Waals surface area contributed by atoms with Crippen molar-refractivity contribution in [2.75, 3.05) is 14.1 Å². The Balaban J connectivity index is 1.69. The van der Waals surface area contributed by atoms with Crippen molar-refractivity contribution < 1.29 is 13.2 Å². The molecule has 1 aromatic carbocycles. The number of hydrogen-bond acceptors (Lipinski definition) is 4. The van der Waals surface area contributed by atoms with E-state index in [1.165, 1.54) is 37.7 Å². The summed E-state index contributed by atoms with van der Waals surface area (Å²) in [7, 11) is -0.473. The molecule has 0 bridgehead atoms. The molecule has 0 spiro atoms. The third kappa shape index (κ3) is 4.86. The van der Waals surface area contributed by atoms with E-state index in [1.807, 2.05) is 6.92 Å². The van der Waals surface area contributed by atoms with Crippen molar-refractivity contribution >= 4 is 27.0 Å². The largest absolute Gasteiger partial charge is 0.353 e. The summed E-state index contributed by atoms with van der Waals surface area (Å²) in [5.41, 5.74) is 1.54. The van der Waals surface area contributed by atoms with Crippen LogP contribution in [-0.2, 0) is 27.8 Å². The predicted molar refractivity (Wildman–Crippen MR) is 119 cm³/mol. The summed E-state index contributed by atoms with van der Waals surface area (Å²) in [6.45, 7) is 4.98. The van der Waals surface area contributed by atoms with Gasteiger partial charge < -0.3 is 9.88 Å². The lowest BCUT2D eigenvalue weighted by Crippen LogP contribution is -2.37. The van der Waals surface area contributed by atoms with Crippen molar-refractivity contribution in [2.45, 2.75) is 76.3 Å². The summed E-state index contributed by atoms with van der Waals surface area (Å²) in [5.74, 6) is 1.70. The van der Waals surface area contributed by atoms with Gasteiger partial charge >= 0.3 is 0 Å². The van der Waals surface area contributed by atoms with Crippen LogP contribution in [0.3, 0.4) is 0 Å². The van der Waals surface area contributed by atoms with E-state index in [1.54, 1.807) is 18.2 Å². The topological polar surface area (TPSA) is 84.3 Å². The summed E-state index contributed by atoms with van der Waals surface area (Å²) in [4.78, 5) is 17.4. The maximum atomic E-state index is 12.5. The molecule has 1 heterocycles. The van der Waals surface area contributed by atoms with Crippen molar-refractivity contribution in [1.29, 1.82) is 0 Å². The fraction of sp³-hybridized carbons (Fsp3) is 0.636. The smallest absolute Gasteiger partial charge is 0.242 e. The molecule has 1 fully saturated rings. The van der Waals surface area contributed by atoms with Crippen LogP contribution < -0.4 is 5.32 Å². The quantitative estimate of drug-likeness (QED) is 0.691. The summed E-state index contributed by atoms with van der Waals surface area (Å²) >= 11 is 0. The van der Waals surface area contributed by atoms with Crippen LogP contribution in [0.25, 0.3) is 11.0 Å². The maximum Gasteiger partial charge on any atom is 0.242 e.